The third-order valence-corrected chi connectivity index (χ3v) is 2.95. The molecule has 0 spiro atoms. The van der Waals surface area contributed by atoms with E-state index in [2.05, 4.69) is 15.9 Å². The minimum absolute atomic E-state index is 0.00769. The van der Waals surface area contributed by atoms with Crippen molar-refractivity contribution in [3.05, 3.63) is 21.9 Å². The van der Waals surface area contributed by atoms with Crippen LogP contribution in [0, 0.1) is 5.82 Å². The van der Waals surface area contributed by atoms with Crippen molar-refractivity contribution in [2.24, 2.45) is 5.73 Å². The highest BCUT2D eigenvalue weighted by atomic mass is 79.9. The molecule has 0 radical (unpaired) electrons. The molecule has 0 saturated carbocycles. The number of carboxylic acid groups (broad SMARTS) is 1. The number of ether oxygens (including phenoxy) is 2. The Morgan fingerprint density at radius 2 is 2.06 bits per heavy atom. The van der Waals surface area contributed by atoms with Crippen LogP contribution in [0.1, 0.15) is 5.56 Å². The molecule has 1 rings (SSSR count). The Bertz CT molecular complexity index is 467. The average molecular weight is 322 g/mol. The van der Waals surface area contributed by atoms with Crippen molar-refractivity contribution in [1.82, 2.24) is 0 Å². The van der Waals surface area contributed by atoms with Gasteiger partial charge >= 0.3 is 5.97 Å². The Balaban J connectivity index is 3.26. The van der Waals surface area contributed by atoms with Gasteiger partial charge in [0.05, 0.1) is 18.7 Å². The fourth-order valence-corrected chi connectivity index (χ4v) is 1.97. The average Bonchev–Trinajstić information content (AvgIpc) is 2.32. The quantitative estimate of drug-likeness (QED) is 0.860. The summed E-state index contributed by atoms with van der Waals surface area (Å²) in [7, 11) is 2.65. The van der Waals surface area contributed by atoms with Crippen LogP contribution in [0.2, 0.25) is 0 Å². The van der Waals surface area contributed by atoms with Gasteiger partial charge in [-0.05, 0) is 22.0 Å². The molecule has 1 aromatic rings. The standard InChI is InChI=1S/C11H13BrFNO4/c1-17-9-5(4-7(14)11(15)16)3-6(12)8(13)10(9)18-2/h3,7H,4,14H2,1-2H3,(H,15,16). The normalized spacial score (nSPS) is 12.1. The molecule has 0 amide bonds. The van der Waals surface area contributed by atoms with Crippen LogP contribution in [0.25, 0.3) is 0 Å². The van der Waals surface area contributed by atoms with Gasteiger partial charge in [-0.15, -0.1) is 0 Å². The predicted octanol–water partition coefficient (Wildman–Crippen LogP) is 1.56. The van der Waals surface area contributed by atoms with Gasteiger partial charge in [-0.25, -0.2) is 4.39 Å². The van der Waals surface area contributed by atoms with E-state index in [9.17, 15) is 9.18 Å². The molecule has 1 atom stereocenters. The third kappa shape index (κ3) is 2.91. The van der Waals surface area contributed by atoms with Crippen LogP contribution in [0.15, 0.2) is 10.5 Å². The van der Waals surface area contributed by atoms with Crippen molar-refractivity contribution < 1.29 is 23.8 Å². The van der Waals surface area contributed by atoms with Crippen LogP contribution in [-0.4, -0.2) is 31.3 Å². The molecule has 0 heterocycles. The summed E-state index contributed by atoms with van der Waals surface area (Å²) in [6.07, 6.45) is 0.00769. The van der Waals surface area contributed by atoms with E-state index in [4.69, 9.17) is 20.3 Å². The van der Waals surface area contributed by atoms with E-state index < -0.39 is 17.8 Å². The summed E-state index contributed by atoms with van der Waals surface area (Å²) in [6.45, 7) is 0. The molecule has 1 unspecified atom stereocenters. The number of benzene rings is 1. The summed E-state index contributed by atoms with van der Waals surface area (Å²) in [4.78, 5) is 10.7. The topological polar surface area (TPSA) is 81.8 Å². The number of halogens is 2. The van der Waals surface area contributed by atoms with Crippen LogP contribution < -0.4 is 15.2 Å². The van der Waals surface area contributed by atoms with Gasteiger partial charge in [0.1, 0.15) is 6.04 Å². The molecule has 0 aliphatic heterocycles. The SMILES string of the molecule is COc1c(CC(N)C(=O)O)cc(Br)c(F)c1OC. The zero-order chi connectivity index (χ0) is 13.9. The summed E-state index contributed by atoms with van der Waals surface area (Å²) in [5.41, 5.74) is 5.90. The first-order valence-corrected chi connectivity index (χ1v) is 5.78. The van der Waals surface area contributed by atoms with Gasteiger partial charge in [-0.1, -0.05) is 0 Å². The molecule has 18 heavy (non-hydrogen) atoms. The zero-order valence-corrected chi connectivity index (χ0v) is 11.5. The Labute approximate surface area is 112 Å². The van der Waals surface area contributed by atoms with Crippen molar-refractivity contribution in [2.75, 3.05) is 14.2 Å². The van der Waals surface area contributed by atoms with Crippen LogP contribution in [0.4, 0.5) is 4.39 Å². The highest BCUT2D eigenvalue weighted by Gasteiger charge is 2.22. The van der Waals surface area contributed by atoms with Gasteiger partial charge in [0, 0.05) is 12.0 Å². The van der Waals surface area contributed by atoms with Crippen molar-refractivity contribution >= 4 is 21.9 Å². The smallest absolute Gasteiger partial charge is 0.320 e. The number of carboxylic acids is 1. The second-order valence-corrected chi connectivity index (χ2v) is 4.40. The van der Waals surface area contributed by atoms with Gasteiger partial charge < -0.3 is 20.3 Å². The minimum Gasteiger partial charge on any atom is -0.492 e. The summed E-state index contributed by atoms with van der Waals surface area (Å²) in [6, 6.07) is 0.334. The molecular formula is C11H13BrFNO4. The molecule has 1 aromatic carbocycles. The fraction of sp³-hybridized carbons (Fsp3) is 0.364. The monoisotopic (exact) mass is 321 g/mol. The molecular weight excluding hydrogens is 309 g/mol. The molecule has 0 fully saturated rings. The maximum Gasteiger partial charge on any atom is 0.320 e. The third-order valence-electron chi connectivity index (χ3n) is 2.37. The highest BCUT2D eigenvalue weighted by molar-refractivity contribution is 9.10. The van der Waals surface area contributed by atoms with E-state index >= 15 is 0 Å². The van der Waals surface area contributed by atoms with Crippen LogP contribution in [-0.2, 0) is 11.2 Å². The maximum absolute atomic E-state index is 13.7. The maximum atomic E-state index is 13.7. The van der Waals surface area contributed by atoms with E-state index in [-0.39, 0.29) is 22.4 Å². The highest BCUT2D eigenvalue weighted by Crippen LogP contribution is 2.38. The largest absolute Gasteiger partial charge is 0.492 e. The second kappa shape index (κ2) is 6.01. The first-order chi connectivity index (χ1) is 8.42. The van der Waals surface area contributed by atoms with Gasteiger partial charge in [0.25, 0.3) is 0 Å². The molecule has 100 valence electrons. The second-order valence-electron chi connectivity index (χ2n) is 3.55. The predicted molar refractivity (Wildman–Crippen MR) is 66.5 cm³/mol. The molecule has 3 N–H and O–H groups in total. The minimum atomic E-state index is -1.14. The molecule has 0 aromatic heterocycles. The fourth-order valence-electron chi connectivity index (χ4n) is 1.52. The summed E-state index contributed by atoms with van der Waals surface area (Å²) >= 11 is 3.03. The van der Waals surface area contributed by atoms with Gasteiger partial charge in [0.2, 0.25) is 0 Å². The zero-order valence-electron chi connectivity index (χ0n) is 9.87. The van der Waals surface area contributed by atoms with E-state index in [1.54, 1.807) is 0 Å². The first kappa shape index (κ1) is 14.7. The number of methoxy groups -OCH3 is 2. The van der Waals surface area contributed by atoms with Crippen molar-refractivity contribution in [3.8, 4) is 11.5 Å². The van der Waals surface area contributed by atoms with Gasteiger partial charge in [-0.3, -0.25) is 4.79 Å². The van der Waals surface area contributed by atoms with Crippen molar-refractivity contribution in [2.45, 2.75) is 12.5 Å². The Hall–Kier alpha value is -1.34. The lowest BCUT2D eigenvalue weighted by molar-refractivity contribution is -0.138. The van der Waals surface area contributed by atoms with E-state index in [1.165, 1.54) is 20.3 Å². The van der Waals surface area contributed by atoms with Gasteiger partial charge in [-0.2, -0.15) is 0 Å². The Kier molecular flexibility index (Phi) is 4.92. The number of carbonyl (C=O) groups is 1. The molecule has 0 aliphatic carbocycles. The Morgan fingerprint density at radius 3 is 2.50 bits per heavy atom. The Morgan fingerprint density at radius 1 is 1.50 bits per heavy atom. The first-order valence-electron chi connectivity index (χ1n) is 4.99. The van der Waals surface area contributed by atoms with E-state index in [0.717, 1.165) is 0 Å². The van der Waals surface area contributed by atoms with Crippen LogP contribution >= 0.6 is 15.9 Å². The number of rotatable bonds is 5. The van der Waals surface area contributed by atoms with Crippen molar-refractivity contribution in [3.63, 3.8) is 0 Å². The number of hydrogen-bond donors (Lipinski definition) is 2. The van der Waals surface area contributed by atoms with Crippen LogP contribution in [0.3, 0.4) is 0 Å². The molecule has 5 nitrogen and oxygen atoms in total. The molecule has 7 heteroatoms. The van der Waals surface area contributed by atoms with Crippen molar-refractivity contribution in [1.29, 1.82) is 0 Å². The van der Waals surface area contributed by atoms with Gasteiger partial charge in [0.15, 0.2) is 17.3 Å². The lowest BCUT2D eigenvalue weighted by Crippen LogP contribution is -2.32. The number of hydrogen-bond acceptors (Lipinski definition) is 4. The van der Waals surface area contributed by atoms with E-state index in [1.807, 2.05) is 0 Å². The van der Waals surface area contributed by atoms with Crippen LogP contribution in [0.5, 0.6) is 11.5 Å². The van der Waals surface area contributed by atoms with E-state index in [0.29, 0.717) is 5.56 Å². The lowest BCUT2D eigenvalue weighted by atomic mass is 10.0. The number of nitrogens with two attached hydrogens (primary N) is 1. The summed E-state index contributed by atoms with van der Waals surface area (Å²) in [5.74, 6) is -1.69. The summed E-state index contributed by atoms with van der Waals surface area (Å²) < 4.78 is 23.8. The molecule has 0 bridgehead atoms. The number of aliphatic carboxylic acids is 1. The lowest BCUT2D eigenvalue weighted by Gasteiger charge is -2.16. The summed E-state index contributed by atoms with van der Waals surface area (Å²) in [5, 5.41) is 8.77. The molecule has 0 aliphatic rings. The molecule has 0 saturated heterocycles.